The Hall–Kier alpha value is -5.73. The van der Waals surface area contributed by atoms with Crippen molar-refractivity contribution >= 4 is 46.6 Å². The number of methoxy groups -OCH3 is 1. The van der Waals surface area contributed by atoms with Gasteiger partial charge in [0.2, 0.25) is 17.5 Å². The number of aromatic hydroxyl groups is 3. The van der Waals surface area contributed by atoms with Gasteiger partial charge in [0.25, 0.3) is 0 Å². The molecule has 0 unspecified atom stereocenters. The summed E-state index contributed by atoms with van der Waals surface area (Å²) in [5.74, 6) is -8.09. The van der Waals surface area contributed by atoms with Gasteiger partial charge in [-0.3, -0.25) is 28.8 Å². The molecule has 0 spiro atoms. The van der Waals surface area contributed by atoms with Crippen LogP contribution in [0, 0.1) is 0 Å². The Balaban J connectivity index is 1.71. The molecule has 55 heavy (non-hydrogen) atoms. The molecule has 2 aromatic rings. The fraction of sp³-hybridized carbons (Fsp3) is 0.514. The molecule has 2 fully saturated rings. The summed E-state index contributed by atoms with van der Waals surface area (Å²) in [6.07, 6.45) is -11.0. The van der Waals surface area contributed by atoms with Crippen molar-refractivity contribution in [1.82, 2.24) is 0 Å². The second kappa shape index (κ2) is 18.1. The minimum Gasteiger partial charge on any atom is -0.504 e. The van der Waals surface area contributed by atoms with Crippen molar-refractivity contribution < 1.29 is 91.5 Å². The smallest absolute Gasteiger partial charge is 0.338 e. The molecule has 0 aromatic heterocycles. The maximum atomic E-state index is 12.9. The number of carbonyl (C=O) groups is 6. The molecule has 0 radical (unpaired) electrons. The van der Waals surface area contributed by atoms with Gasteiger partial charge in [0.15, 0.2) is 29.6 Å². The average molecular weight is 781 g/mol. The van der Waals surface area contributed by atoms with Crippen molar-refractivity contribution in [2.24, 2.45) is 0 Å². The van der Waals surface area contributed by atoms with Gasteiger partial charge in [-0.2, -0.15) is 0 Å². The maximum absolute atomic E-state index is 12.9. The second-order valence-electron chi connectivity index (χ2n) is 12.4. The van der Waals surface area contributed by atoms with Crippen LogP contribution in [0.5, 0.6) is 23.0 Å². The molecule has 2 aliphatic heterocycles. The van der Waals surface area contributed by atoms with Crippen LogP contribution < -0.4 is 10.2 Å². The lowest BCUT2D eigenvalue weighted by Gasteiger charge is -2.44. The molecule has 4 rings (SSSR count). The summed E-state index contributed by atoms with van der Waals surface area (Å²) in [7, 11) is 1.06. The van der Waals surface area contributed by atoms with Gasteiger partial charge < -0.3 is 62.7 Å². The highest BCUT2D eigenvalue weighted by atomic mass is 16.7. The Kier molecular flexibility index (Phi) is 13.8. The number of esters is 6. The highest BCUT2D eigenvalue weighted by Crippen LogP contribution is 2.43. The van der Waals surface area contributed by atoms with Gasteiger partial charge in [0.1, 0.15) is 43.7 Å². The van der Waals surface area contributed by atoms with Crippen LogP contribution in [-0.4, -0.2) is 121 Å². The van der Waals surface area contributed by atoms with Gasteiger partial charge in [0.05, 0.1) is 18.1 Å². The summed E-state index contributed by atoms with van der Waals surface area (Å²) in [6, 6.07) is 2.98. The van der Waals surface area contributed by atoms with Crippen LogP contribution in [-0.2, 0) is 66.6 Å². The number of benzene rings is 1. The lowest BCUT2D eigenvalue weighted by Crippen LogP contribution is -2.59. The number of ether oxygens (including phenoxy) is 10. The zero-order valence-corrected chi connectivity index (χ0v) is 30.5. The first-order valence-electron chi connectivity index (χ1n) is 16.6. The lowest BCUT2D eigenvalue weighted by atomic mass is 9.99. The largest absolute Gasteiger partial charge is 0.504 e. The number of hydrogen-bond acceptors (Lipinski definition) is 20. The van der Waals surface area contributed by atoms with E-state index in [9.17, 15) is 48.9 Å². The van der Waals surface area contributed by atoms with Crippen molar-refractivity contribution in [2.75, 3.05) is 20.3 Å². The SMILES string of the molecule is COC(=O)c1cc(O)c(=O)c2c(O)c(O)c(O[C@H]3C[C@@H](OC(C)=O)[C@H](O[C@@H]4C[C@@H](OC(C)=O)[C@H](OC(C)=O)[C@@H](COC(C)=O)O4)[C@@H](COC(C)=O)O3)cc2c1. The Morgan fingerprint density at radius 2 is 1.22 bits per heavy atom. The number of hydrogen-bond donors (Lipinski definition) is 3. The van der Waals surface area contributed by atoms with Crippen molar-refractivity contribution in [2.45, 2.75) is 96.7 Å². The van der Waals surface area contributed by atoms with E-state index >= 15 is 0 Å². The molecule has 300 valence electrons. The Labute approximate surface area is 312 Å². The highest BCUT2D eigenvalue weighted by Gasteiger charge is 2.49. The minimum absolute atomic E-state index is 0.173. The molecule has 0 bridgehead atoms. The van der Waals surface area contributed by atoms with Crippen LogP contribution in [0.4, 0.5) is 0 Å². The molecule has 2 aliphatic rings. The summed E-state index contributed by atoms with van der Waals surface area (Å²) < 4.78 is 55.5. The standard InChI is InChI=1S/C35H40O20/c1-14(36)47-12-25-33(51-18(5)40)23(49-16(3)38)11-28(54-25)55-34-24(50-17(4)39)10-27(53-26(34)13-48-15(2)37)52-22-9-19-7-20(35(45)46-6)8-21(41)30(42)29(19)32(44)31(22)43/h7-9,23-28,33-34,43-44H,10-13H2,1-6H3,(H,41,42)/t23-,24-,25-,26-,27-,28-,33+,34+/m1/s1. The third-order valence-electron chi connectivity index (χ3n) is 8.13. The fourth-order valence-corrected chi connectivity index (χ4v) is 5.99. The van der Waals surface area contributed by atoms with E-state index in [0.29, 0.717) is 0 Å². The summed E-state index contributed by atoms with van der Waals surface area (Å²) >= 11 is 0. The topological polar surface area (TPSA) is 272 Å². The molecule has 2 aromatic carbocycles. The Bertz CT molecular complexity index is 1870. The first kappa shape index (κ1) is 42.0. The minimum atomic E-state index is -1.46. The van der Waals surface area contributed by atoms with Gasteiger partial charge in [-0.1, -0.05) is 0 Å². The van der Waals surface area contributed by atoms with Crippen LogP contribution in [0.2, 0.25) is 0 Å². The van der Waals surface area contributed by atoms with E-state index in [1.54, 1.807) is 0 Å². The number of carbonyl (C=O) groups excluding carboxylic acids is 6. The van der Waals surface area contributed by atoms with Crippen molar-refractivity contribution in [1.29, 1.82) is 0 Å². The van der Waals surface area contributed by atoms with E-state index in [4.69, 9.17) is 42.6 Å². The normalized spacial score (nSPS) is 24.8. The van der Waals surface area contributed by atoms with E-state index in [2.05, 4.69) is 4.74 Å². The number of fused-ring (bicyclic) bond motifs is 1. The Morgan fingerprint density at radius 3 is 1.76 bits per heavy atom. The van der Waals surface area contributed by atoms with Gasteiger partial charge in [-0.15, -0.1) is 0 Å². The molecule has 0 amide bonds. The van der Waals surface area contributed by atoms with Gasteiger partial charge in [-0.05, 0) is 23.6 Å². The monoisotopic (exact) mass is 780 g/mol. The zero-order valence-electron chi connectivity index (χ0n) is 30.5. The first-order valence-corrected chi connectivity index (χ1v) is 16.6. The predicted molar refractivity (Wildman–Crippen MR) is 179 cm³/mol. The van der Waals surface area contributed by atoms with Crippen LogP contribution in [0.3, 0.4) is 0 Å². The summed E-state index contributed by atoms with van der Waals surface area (Å²) in [5, 5.41) is 31.3. The van der Waals surface area contributed by atoms with E-state index in [1.165, 1.54) is 0 Å². The third kappa shape index (κ3) is 10.7. The van der Waals surface area contributed by atoms with Crippen LogP contribution in [0.25, 0.3) is 10.8 Å². The van der Waals surface area contributed by atoms with Crippen molar-refractivity contribution in [3.63, 3.8) is 0 Å². The third-order valence-corrected chi connectivity index (χ3v) is 8.13. The van der Waals surface area contributed by atoms with E-state index in [-0.39, 0.29) is 23.8 Å². The highest BCUT2D eigenvalue weighted by molar-refractivity contribution is 5.98. The predicted octanol–water partition coefficient (Wildman–Crippen LogP) is 1.02. The molecular weight excluding hydrogens is 740 g/mol. The number of phenols is 2. The number of phenolic OH excluding ortho intramolecular Hbond substituents is 2. The quantitative estimate of drug-likeness (QED) is 0.154. The fourth-order valence-electron chi connectivity index (χ4n) is 5.99. The van der Waals surface area contributed by atoms with Crippen LogP contribution in [0.15, 0.2) is 23.0 Å². The van der Waals surface area contributed by atoms with E-state index in [0.717, 1.165) is 59.9 Å². The van der Waals surface area contributed by atoms with Crippen LogP contribution in [0.1, 0.15) is 57.8 Å². The summed E-state index contributed by atoms with van der Waals surface area (Å²) in [4.78, 5) is 85.1. The average Bonchev–Trinajstić information content (AvgIpc) is 3.21. The zero-order chi connectivity index (χ0) is 40.7. The van der Waals surface area contributed by atoms with Gasteiger partial charge >= 0.3 is 35.8 Å². The maximum Gasteiger partial charge on any atom is 0.338 e. The van der Waals surface area contributed by atoms with Gasteiger partial charge in [0, 0.05) is 47.5 Å². The molecule has 8 atom stereocenters. The molecule has 2 heterocycles. The molecule has 0 aliphatic carbocycles. The number of rotatable bonds is 12. The molecule has 3 N–H and O–H groups in total. The Morgan fingerprint density at radius 1 is 0.691 bits per heavy atom. The lowest BCUT2D eigenvalue weighted by molar-refractivity contribution is -0.316. The van der Waals surface area contributed by atoms with E-state index in [1.807, 2.05) is 0 Å². The van der Waals surface area contributed by atoms with Gasteiger partial charge in [-0.25, -0.2) is 4.79 Å². The van der Waals surface area contributed by atoms with E-state index < -0.39 is 132 Å². The molecule has 0 saturated carbocycles. The summed E-state index contributed by atoms with van der Waals surface area (Å²) in [5.41, 5.74) is -1.42. The van der Waals surface area contributed by atoms with Crippen molar-refractivity contribution in [3.8, 4) is 23.0 Å². The molecular formula is C35H40O20. The molecule has 2 saturated heterocycles. The molecule has 20 heteroatoms. The van der Waals surface area contributed by atoms with Crippen molar-refractivity contribution in [3.05, 3.63) is 34.0 Å². The molecule has 20 nitrogen and oxygen atoms in total. The summed E-state index contributed by atoms with van der Waals surface area (Å²) in [6.45, 7) is 4.58. The first-order chi connectivity index (χ1) is 25.9. The van der Waals surface area contributed by atoms with Crippen LogP contribution >= 0.6 is 0 Å². The second-order valence-corrected chi connectivity index (χ2v) is 12.4.